The summed E-state index contributed by atoms with van der Waals surface area (Å²) in [5, 5.41) is 4.51. The smallest absolute Gasteiger partial charge is 0.312 e. The molecule has 31 heavy (non-hydrogen) atoms. The van der Waals surface area contributed by atoms with Crippen molar-refractivity contribution in [2.45, 2.75) is 43.4 Å². The number of benzene rings is 1. The first-order chi connectivity index (χ1) is 14.7. The molecule has 1 N–H and O–H groups in total. The van der Waals surface area contributed by atoms with Gasteiger partial charge in [0, 0.05) is 15.8 Å². The summed E-state index contributed by atoms with van der Waals surface area (Å²) < 4.78 is 31.9. The first-order valence-corrected chi connectivity index (χ1v) is 11.6. The van der Waals surface area contributed by atoms with Crippen LogP contribution in [-0.2, 0) is 14.3 Å². The van der Waals surface area contributed by atoms with Gasteiger partial charge in [-0.1, -0.05) is 0 Å². The van der Waals surface area contributed by atoms with Gasteiger partial charge in [0.1, 0.15) is 0 Å². The normalized spacial score (nSPS) is 30.9. The number of hydrogen-bond donors (Lipinski definition) is 1. The van der Waals surface area contributed by atoms with Crippen LogP contribution in [0.15, 0.2) is 23.6 Å². The van der Waals surface area contributed by atoms with Gasteiger partial charge in [-0.05, 0) is 68.6 Å². The molecule has 1 amide bonds. The van der Waals surface area contributed by atoms with Gasteiger partial charge in [0.05, 0.1) is 11.1 Å². The minimum absolute atomic E-state index is 0.287. The van der Waals surface area contributed by atoms with E-state index in [-0.39, 0.29) is 16.0 Å². The molecule has 1 aromatic carbocycles. The van der Waals surface area contributed by atoms with Gasteiger partial charge in [0.2, 0.25) is 0 Å². The number of thiazole rings is 1. The van der Waals surface area contributed by atoms with Gasteiger partial charge in [-0.15, -0.1) is 22.9 Å². The Hall–Kier alpha value is -2.06. The van der Waals surface area contributed by atoms with Crippen LogP contribution in [0.2, 0.25) is 0 Å². The average molecular weight is 467 g/mol. The lowest BCUT2D eigenvalue weighted by molar-refractivity contribution is -0.171. The summed E-state index contributed by atoms with van der Waals surface area (Å²) in [6.45, 7) is -0.398. The number of nitrogens with zero attached hydrogens (tertiary/aromatic N) is 1. The molecule has 6 rings (SSSR count). The topological polar surface area (TPSA) is 68.3 Å². The van der Waals surface area contributed by atoms with Gasteiger partial charge < -0.3 is 4.74 Å². The van der Waals surface area contributed by atoms with Crippen LogP contribution in [0, 0.1) is 28.9 Å². The van der Waals surface area contributed by atoms with Crippen molar-refractivity contribution in [2.75, 3.05) is 11.9 Å². The van der Waals surface area contributed by atoms with Gasteiger partial charge in [-0.3, -0.25) is 14.9 Å². The fraction of sp³-hybridized carbons (Fsp3) is 0.500. The Balaban J connectivity index is 1.19. The molecule has 2 aromatic rings. The van der Waals surface area contributed by atoms with Crippen molar-refractivity contribution in [2.24, 2.45) is 17.3 Å². The van der Waals surface area contributed by atoms with E-state index in [9.17, 15) is 18.4 Å². The number of nitrogens with one attached hydrogen (secondary N) is 1. The minimum atomic E-state index is -0.966. The van der Waals surface area contributed by atoms with E-state index in [0.717, 1.165) is 55.6 Å². The first kappa shape index (κ1) is 20.8. The maximum Gasteiger partial charge on any atom is 0.312 e. The predicted molar refractivity (Wildman–Crippen MR) is 113 cm³/mol. The predicted octanol–water partition coefficient (Wildman–Crippen LogP) is 5.15. The third kappa shape index (κ3) is 3.96. The third-order valence-corrected chi connectivity index (χ3v) is 7.92. The van der Waals surface area contributed by atoms with Crippen LogP contribution in [0.25, 0.3) is 11.3 Å². The molecule has 1 aromatic heterocycles. The van der Waals surface area contributed by atoms with E-state index < -0.39 is 29.6 Å². The Labute approximate surface area is 187 Å². The molecule has 0 spiro atoms. The number of rotatable bonds is 5. The van der Waals surface area contributed by atoms with E-state index in [4.69, 9.17) is 16.3 Å². The zero-order valence-corrected chi connectivity index (χ0v) is 18.2. The zero-order chi connectivity index (χ0) is 21.8. The van der Waals surface area contributed by atoms with Crippen LogP contribution >= 0.6 is 22.9 Å². The van der Waals surface area contributed by atoms with Gasteiger partial charge in [-0.2, -0.15) is 0 Å². The number of carbonyl (C=O) groups excluding carboxylic acids is 2. The van der Waals surface area contributed by atoms with Crippen molar-refractivity contribution in [3.8, 4) is 11.3 Å². The first-order valence-electron chi connectivity index (χ1n) is 10.3. The molecule has 2 atom stereocenters. The summed E-state index contributed by atoms with van der Waals surface area (Å²) in [6.07, 6.45) is 5.27. The van der Waals surface area contributed by atoms with Gasteiger partial charge in [-0.25, -0.2) is 13.8 Å². The highest BCUT2D eigenvalue weighted by molar-refractivity contribution is 7.14. The van der Waals surface area contributed by atoms with Crippen molar-refractivity contribution in [3.63, 3.8) is 0 Å². The molecule has 2 unspecified atom stereocenters. The number of ether oxygens (including phenoxy) is 1. The highest BCUT2D eigenvalue weighted by Crippen LogP contribution is 2.64. The number of carbonyl (C=O) groups is 2. The number of aromatic nitrogens is 1. The molecule has 4 saturated carbocycles. The van der Waals surface area contributed by atoms with Gasteiger partial charge >= 0.3 is 5.97 Å². The summed E-state index contributed by atoms with van der Waals surface area (Å²) in [5.41, 5.74) is 0.253. The van der Waals surface area contributed by atoms with E-state index >= 15 is 0 Å². The Morgan fingerprint density at radius 2 is 1.94 bits per heavy atom. The summed E-state index contributed by atoms with van der Waals surface area (Å²) in [6, 6.07) is 3.49. The maximum absolute atomic E-state index is 13.4. The van der Waals surface area contributed by atoms with Crippen molar-refractivity contribution in [1.82, 2.24) is 4.98 Å². The fourth-order valence-corrected chi connectivity index (χ4v) is 7.38. The number of amides is 1. The van der Waals surface area contributed by atoms with E-state index in [1.807, 2.05) is 0 Å². The molecule has 0 radical (unpaired) electrons. The lowest BCUT2D eigenvalue weighted by atomic mass is 9.49. The van der Waals surface area contributed by atoms with Crippen LogP contribution in [0.4, 0.5) is 13.9 Å². The second kappa shape index (κ2) is 7.52. The Morgan fingerprint density at radius 1 is 1.19 bits per heavy atom. The van der Waals surface area contributed by atoms with Gasteiger partial charge in [0.25, 0.3) is 5.91 Å². The monoisotopic (exact) mass is 466 g/mol. The maximum atomic E-state index is 13.4. The minimum Gasteiger partial charge on any atom is -0.455 e. The van der Waals surface area contributed by atoms with E-state index in [1.54, 1.807) is 5.38 Å². The van der Waals surface area contributed by atoms with Crippen LogP contribution < -0.4 is 5.32 Å². The highest BCUT2D eigenvalue weighted by Gasteiger charge is 2.60. The van der Waals surface area contributed by atoms with Crippen molar-refractivity contribution in [3.05, 3.63) is 35.2 Å². The second-order valence-corrected chi connectivity index (χ2v) is 10.8. The van der Waals surface area contributed by atoms with Crippen LogP contribution in [0.1, 0.15) is 38.5 Å². The summed E-state index contributed by atoms with van der Waals surface area (Å²) in [7, 11) is 0. The Morgan fingerprint density at radius 3 is 2.61 bits per heavy atom. The van der Waals surface area contributed by atoms with Gasteiger partial charge in [0.15, 0.2) is 23.4 Å². The average Bonchev–Trinajstić information content (AvgIpc) is 3.14. The summed E-state index contributed by atoms with van der Waals surface area (Å²) in [5.74, 6) is -1.80. The lowest BCUT2D eigenvalue weighted by Crippen LogP contribution is -2.56. The largest absolute Gasteiger partial charge is 0.455 e. The molecule has 0 saturated heterocycles. The second-order valence-electron chi connectivity index (χ2n) is 9.18. The van der Waals surface area contributed by atoms with Crippen LogP contribution in [-0.4, -0.2) is 28.3 Å². The molecule has 5 nitrogen and oxygen atoms in total. The molecular formula is C22H21ClF2N2O3S. The number of alkyl halides is 1. The van der Waals surface area contributed by atoms with Crippen LogP contribution in [0.3, 0.4) is 0 Å². The van der Waals surface area contributed by atoms with Crippen LogP contribution in [0.5, 0.6) is 0 Å². The third-order valence-electron chi connectivity index (χ3n) is 6.72. The summed E-state index contributed by atoms with van der Waals surface area (Å²) >= 11 is 7.91. The van der Waals surface area contributed by atoms with E-state index in [1.165, 1.54) is 6.07 Å². The summed E-state index contributed by atoms with van der Waals surface area (Å²) in [4.78, 5) is 29.1. The number of hydrogen-bond acceptors (Lipinski definition) is 5. The van der Waals surface area contributed by atoms with Crippen molar-refractivity contribution < 1.29 is 23.1 Å². The highest BCUT2D eigenvalue weighted by atomic mass is 35.5. The SMILES string of the molecule is O=C(COC(=O)C12CC3CC(CC(Cl)(C3)C1)C2)Nc1nc(-c2ccc(F)c(F)c2)cs1. The van der Waals surface area contributed by atoms with Crippen molar-refractivity contribution >= 4 is 39.9 Å². The zero-order valence-electron chi connectivity index (χ0n) is 16.6. The molecule has 4 aliphatic carbocycles. The molecule has 9 heteroatoms. The molecule has 4 bridgehead atoms. The molecule has 164 valence electrons. The molecular weight excluding hydrogens is 446 g/mol. The van der Waals surface area contributed by atoms with E-state index in [2.05, 4.69) is 10.3 Å². The number of anilines is 1. The Kier molecular flexibility index (Phi) is 5.05. The molecule has 4 fully saturated rings. The fourth-order valence-electron chi connectivity index (χ4n) is 5.95. The van der Waals surface area contributed by atoms with Crippen molar-refractivity contribution in [1.29, 1.82) is 0 Å². The van der Waals surface area contributed by atoms with E-state index in [0.29, 0.717) is 29.5 Å². The Bertz CT molecular complexity index is 1050. The molecule has 1 heterocycles. The number of halogens is 3. The molecule has 0 aliphatic heterocycles. The molecule has 4 aliphatic rings. The quantitative estimate of drug-likeness (QED) is 0.489. The lowest BCUT2D eigenvalue weighted by Gasteiger charge is -2.58. The number of esters is 1. The standard InChI is InChI=1S/C22H21ClF2N2O3S/c23-22-7-12-3-13(8-22)6-21(5-12,11-22)19(29)30-9-18(28)27-20-26-17(10-31-20)14-1-2-15(24)16(25)4-14/h1-2,4,10,12-13H,3,5-9,11H2,(H,26,27,28).